The van der Waals surface area contributed by atoms with E-state index in [0.29, 0.717) is 47.6 Å². The number of aryl methyl sites for hydroxylation is 2. The molecule has 1 aromatic carbocycles. The monoisotopic (exact) mass is 569 g/mol. The Hall–Kier alpha value is -3.92. The van der Waals surface area contributed by atoms with Crippen molar-refractivity contribution in [1.29, 1.82) is 0 Å². The lowest BCUT2D eigenvalue weighted by molar-refractivity contribution is 0.102. The quantitative estimate of drug-likeness (QED) is 0.306. The van der Waals surface area contributed by atoms with E-state index in [1.807, 2.05) is 14.0 Å². The molecular formula is C32H39N7O3. The van der Waals surface area contributed by atoms with Crippen molar-refractivity contribution in [3.63, 3.8) is 0 Å². The normalized spacial score (nSPS) is 23.2. The van der Waals surface area contributed by atoms with Gasteiger partial charge in [-0.1, -0.05) is 0 Å². The molecule has 7 rings (SSSR count). The average molecular weight is 570 g/mol. The molecule has 220 valence electrons. The Bertz CT molecular complexity index is 1610. The summed E-state index contributed by atoms with van der Waals surface area (Å²) >= 11 is 0. The summed E-state index contributed by atoms with van der Waals surface area (Å²) in [6.45, 7) is 3.28. The maximum absolute atomic E-state index is 13.7. The number of fused-ring (bicyclic) bond motifs is 7. The minimum atomic E-state index is -0.221. The molecule has 0 radical (unpaired) electrons. The number of hydrogen-bond acceptors (Lipinski definition) is 7. The molecule has 1 amide bonds. The Kier molecular flexibility index (Phi) is 7.09. The van der Waals surface area contributed by atoms with E-state index in [1.54, 1.807) is 23.0 Å². The van der Waals surface area contributed by atoms with Crippen LogP contribution in [0, 0.1) is 18.8 Å². The van der Waals surface area contributed by atoms with Crippen LogP contribution in [0.1, 0.15) is 67.4 Å². The first-order valence-electron chi connectivity index (χ1n) is 15.3. The molecule has 10 heteroatoms. The van der Waals surface area contributed by atoms with Crippen LogP contribution in [0.2, 0.25) is 0 Å². The predicted octanol–water partition coefficient (Wildman–Crippen LogP) is 5.31. The van der Waals surface area contributed by atoms with Gasteiger partial charge in [0.25, 0.3) is 5.91 Å². The fraction of sp³-hybridized carbons (Fsp3) is 0.500. The Labute approximate surface area is 245 Å². The van der Waals surface area contributed by atoms with Crippen LogP contribution in [-0.4, -0.2) is 54.1 Å². The van der Waals surface area contributed by atoms with E-state index in [1.165, 1.54) is 12.8 Å². The van der Waals surface area contributed by atoms with Crippen molar-refractivity contribution in [3.8, 4) is 17.1 Å². The number of aromatic nitrogens is 5. The van der Waals surface area contributed by atoms with Gasteiger partial charge in [0.05, 0.1) is 41.2 Å². The van der Waals surface area contributed by atoms with Crippen molar-refractivity contribution in [2.45, 2.75) is 77.0 Å². The van der Waals surface area contributed by atoms with Crippen molar-refractivity contribution in [2.75, 3.05) is 17.2 Å². The highest BCUT2D eigenvalue weighted by atomic mass is 16.5. The zero-order valence-electron chi connectivity index (χ0n) is 24.3. The number of imidazole rings is 1. The molecule has 0 unspecified atom stereocenters. The fourth-order valence-electron chi connectivity index (χ4n) is 6.63. The summed E-state index contributed by atoms with van der Waals surface area (Å²) in [4.78, 5) is 23.4. The fourth-order valence-corrected chi connectivity index (χ4v) is 6.63. The number of aliphatic hydroxyl groups excluding tert-OH is 1. The maximum atomic E-state index is 13.7. The molecule has 3 aromatic heterocycles. The van der Waals surface area contributed by atoms with Gasteiger partial charge in [-0.3, -0.25) is 15.1 Å². The van der Waals surface area contributed by atoms with Crippen LogP contribution in [0.25, 0.3) is 22.3 Å². The van der Waals surface area contributed by atoms with Crippen LogP contribution in [-0.2, 0) is 13.6 Å². The molecule has 4 aromatic rings. The second-order valence-electron chi connectivity index (χ2n) is 12.3. The van der Waals surface area contributed by atoms with Crippen molar-refractivity contribution < 1.29 is 14.6 Å². The number of amides is 1. The highest BCUT2D eigenvalue weighted by Gasteiger charge is 2.32. The second kappa shape index (κ2) is 11.1. The largest absolute Gasteiger partial charge is 0.477 e. The minimum absolute atomic E-state index is 0.181. The van der Waals surface area contributed by atoms with Gasteiger partial charge >= 0.3 is 0 Å². The smallest absolute Gasteiger partial charge is 0.258 e. The number of carbonyl (C=O) groups is 1. The number of nitrogens with zero attached hydrogens (tertiary/aromatic N) is 5. The number of hydrogen-bond donors (Lipinski definition) is 3. The number of anilines is 2. The molecule has 0 spiro atoms. The SMILES string of the molecule is Cc1cc2cc(n1)-c1cnn(C)c1OCCC[C@@H](C1CC1)Cn1c(nc3cc(NC4CCC(O)CC4)ccc31)NC2=O. The number of pyridine rings is 1. The molecule has 3 N–H and O–H groups in total. The van der Waals surface area contributed by atoms with E-state index in [2.05, 4.69) is 38.5 Å². The summed E-state index contributed by atoms with van der Waals surface area (Å²) in [5, 5.41) is 21.1. The zero-order valence-corrected chi connectivity index (χ0v) is 24.3. The van der Waals surface area contributed by atoms with Crippen LogP contribution in [0.15, 0.2) is 36.5 Å². The topological polar surface area (TPSA) is 119 Å². The lowest BCUT2D eigenvalue weighted by atomic mass is 9.93. The molecule has 0 saturated heterocycles. The molecule has 1 aliphatic heterocycles. The summed E-state index contributed by atoms with van der Waals surface area (Å²) in [5.41, 5.74) is 5.59. The summed E-state index contributed by atoms with van der Waals surface area (Å²) in [6.07, 6.45) is 9.58. The summed E-state index contributed by atoms with van der Waals surface area (Å²) in [5.74, 6) is 2.17. The van der Waals surface area contributed by atoms with Gasteiger partial charge in [0.1, 0.15) is 0 Å². The van der Waals surface area contributed by atoms with Gasteiger partial charge in [-0.2, -0.15) is 5.10 Å². The molecule has 42 heavy (non-hydrogen) atoms. The van der Waals surface area contributed by atoms with E-state index in [4.69, 9.17) is 14.7 Å². The Morgan fingerprint density at radius 1 is 1.02 bits per heavy atom. The van der Waals surface area contributed by atoms with Gasteiger partial charge in [-0.25, -0.2) is 9.67 Å². The van der Waals surface area contributed by atoms with Gasteiger partial charge < -0.3 is 19.7 Å². The first-order valence-corrected chi connectivity index (χ1v) is 15.3. The molecule has 3 aliphatic rings. The zero-order chi connectivity index (χ0) is 28.8. The van der Waals surface area contributed by atoms with Crippen molar-refractivity contribution in [1.82, 2.24) is 24.3 Å². The number of rotatable bonds is 3. The van der Waals surface area contributed by atoms with E-state index < -0.39 is 0 Å². The molecular weight excluding hydrogens is 530 g/mol. The minimum Gasteiger partial charge on any atom is -0.477 e. The summed E-state index contributed by atoms with van der Waals surface area (Å²) in [7, 11) is 1.87. The number of benzene rings is 1. The number of nitrogens with one attached hydrogen (secondary N) is 2. The number of ether oxygens (including phenoxy) is 1. The highest BCUT2D eigenvalue weighted by molar-refractivity contribution is 6.05. The lowest BCUT2D eigenvalue weighted by Gasteiger charge is -2.27. The van der Waals surface area contributed by atoms with Crippen molar-refractivity contribution in [3.05, 3.63) is 47.8 Å². The lowest BCUT2D eigenvalue weighted by Crippen LogP contribution is -2.28. The van der Waals surface area contributed by atoms with E-state index in [9.17, 15) is 9.90 Å². The Morgan fingerprint density at radius 2 is 1.86 bits per heavy atom. The molecule has 2 saturated carbocycles. The third kappa shape index (κ3) is 5.47. The van der Waals surface area contributed by atoms with Crippen molar-refractivity contribution in [2.24, 2.45) is 18.9 Å². The molecule has 2 bridgehead atoms. The molecule has 4 heterocycles. The van der Waals surface area contributed by atoms with Crippen LogP contribution < -0.4 is 15.4 Å². The molecule has 2 fully saturated rings. The number of aliphatic hydroxyl groups is 1. The first kappa shape index (κ1) is 26.9. The van der Waals surface area contributed by atoms with Crippen LogP contribution in [0.5, 0.6) is 5.88 Å². The van der Waals surface area contributed by atoms with E-state index in [-0.39, 0.29) is 12.0 Å². The summed E-state index contributed by atoms with van der Waals surface area (Å²) < 4.78 is 10.2. The third-order valence-electron chi connectivity index (χ3n) is 9.08. The van der Waals surface area contributed by atoms with Gasteiger partial charge in [-0.15, -0.1) is 0 Å². The molecule has 10 nitrogen and oxygen atoms in total. The maximum Gasteiger partial charge on any atom is 0.258 e. The van der Waals surface area contributed by atoms with Gasteiger partial charge in [0.15, 0.2) is 0 Å². The van der Waals surface area contributed by atoms with E-state index >= 15 is 0 Å². The standard InChI is InChI=1S/C32H39N7O3/c1-19-14-22-15-27(34-19)26-17-33-38(2)31(26)42-13-3-4-21(20-5-6-20)18-39-29-12-9-24(35-23-7-10-25(40)11-8-23)16-28(29)36-32(39)37-30(22)41/h9,12,14-17,20-21,23,25,35,40H,3-8,10-11,13,18H2,1-2H3,(H,36,37,41)/t21-,23?,25?/m1/s1. The summed E-state index contributed by atoms with van der Waals surface area (Å²) in [6, 6.07) is 10.3. The second-order valence-corrected chi connectivity index (χ2v) is 12.3. The van der Waals surface area contributed by atoms with Crippen LogP contribution in [0.4, 0.5) is 11.6 Å². The third-order valence-corrected chi connectivity index (χ3v) is 9.08. The first-order chi connectivity index (χ1) is 20.4. The predicted molar refractivity (Wildman–Crippen MR) is 162 cm³/mol. The molecule has 2 aliphatic carbocycles. The highest BCUT2D eigenvalue weighted by Crippen LogP contribution is 2.41. The molecule has 1 atom stereocenters. The average Bonchev–Trinajstić information content (AvgIpc) is 3.68. The van der Waals surface area contributed by atoms with Gasteiger partial charge in [0, 0.05) is 36.6 Å². The Morgan fingerprint density at radius 3 is 2.67 bits per heavy atom. The van der Waals surface area contributed by atoms with Crippen LogP contribution in [0.3, 0.4) is 0 Å². The van der Waals surface area contributed by atoms with E-state index in [0.717, 1.165) is 73.0 Å². The number of carbonyl (C=O) groups excluding carboxylic acids is 1. The Balaban J connectivity index is 1.26. The van der Waals surface area contributed by atoms with Crippen molar-refractivity contribution >= 4 is 28.6 Å². The van der Waals surface area contributed by atoms with Gasteiger partial charge in [-0.05, 0) is 100 Å². The van der Waals surface area contributed by atoms with Crippen LogP contribution >= 0.6 is 0 Å². The van der Waals surface area contributed by atoms with Gasteiger partial charge in [0.2, 0.25) is 11.8 Å².